The average Bonchev–Trinajstić information content (AvgIpc) is 2.94. The van der Waals surface area contributed by atoms with Crippen LogP contribution in [-0.4, -0.2) is 17.7 Å². The summed E-state index contributed by atoms with van der Waals surface area (Å²) in [7, 11) is 1.96. The van der Waals surface area contributed by atoms with Crippen LogP contribution in [0.3, 0.4) is 0 Å². The lowest BCUT2D eigenvalue weighted by atomic mass is 10.00. The number of halogens is 1. The number of nitrogens with zero attached hydrogens (tertiary/aromatic N) is 1. The summed E-state index contributed by atoms with van der Waals surface area (Å²) < 4.78 is 22.3. The smallest absolute Gasteiger partial charge is 0.165 e. The van der Waals surface area contributed by atoms with E-state index in [4.69, 9.17) is 10.5 Å². The minimum Gasteiger partial charge on any atom is -0.489 e. The molecule has 126 valence electrons. The first-order valence-corrected chi connectivity index (χ1v) is 8.26. The highest BCUT2D eigenvalue weighted by atomic mass is 19.1. The van der Waals surface area contributed by atoms with Crippen molar-refractivity contribution in [3.8, 4) is 5.75 Å². The third kappa shape index (κ3) is 3.15. The molecule has 3 nitrogen and oxygen atoms in total. The molecule has 2 N–H and O–H groups in total. The van der Waals surface area contributed by atoms with Crippen LogP contribution < -0.4 is 10.5 Å². The SMILES string of the molecule is CC(CN)c1cn(C)c2ccc(F)c(OCCc3ccccc3)c12. The molecule has 0 saturated carbocycles. The third-order valence-electron chi connectivity index (χ3n) is 4.45. The van der Waals surface area contributed by atoms with Crippen molar-refractivity contribution in [2.75, 3.05) is 13.2 Å². The Kier molecular flexibility index (Phi) is 4.86. The molecule has 3 rings (SSSR count). The second-order valence-corrected chi connectivity index (χ2v) is 6.19. The summed E-state index contributed by atoms with van der Waals surface area (Å²) in [6.07, 6.45) is 2.76. The quantitative estimate of drug-likeness (QED) is 0.744. The number of rotatable bonds is 6. The summed E-state index contributed by atoms with van der Waals surface area (Å²) in [6, 6.07) is 13.3. The van der Waals surface area contributed by atoms with Gasteiger partial charge in [-0.1, -0.05) is 37.3 Å². The highest BCUT2D eigenvalue weighted by Crippen LogP contribution is 2.36. The van der Waals surface area contributed by atoms with Crippen LogP contribution in [-0.2, 0) is 13.5 Å². The van der Waals surface area contributed by atoms with Gasteiger partial charge in [0, 0.05) is 25.1 Å². The molecule has 0 aliphatic carbocycles. The zero-order chi connectivity index (χ0) is 17.1. The van der Waals surface area contributed by atoms with Crippen LogP contribution >= 0.6 is 0 Å². The van der Waals surface area contributed by atoms with Crippen molar-refractivity contribution in [3.05, 3.63) is 65.6 Å². The molecular weight excluding hydrogens is 303 g/mol. The molecule has 1 unspecified atom stereocenters. The van der Waals surface area contributed by atoms with Gasteiger partial charge in [0.1, 0.15) is 0 Å². The Morgan fingerprint density at radius 1 is 1.17 bits per heavy atom. The van der Waals surface area contributed by atoms with E-state index in [0.29, 0.717) is 18.9 Å². The Hall–Kier alpha value is -2.33. The fraction of sp³-hybridized carbons (Fsp3) is 0.300. The van der Waals surface area contributed by atoms with Crippen LogP contribution in [0.25, 0.3) is 10.9 Å². The Morgan fingerprint density at radius 2 is 1.92 bits per heavy atom. The summed E-state index contributed by atoms with van der Waals surface area (Å²) in [5.74, 6) is 0.151. The number of benzene rings is 2. The molecule has 0 fully saturated rings. The van der Waals surface area contributed by atoms with Crippen LogP contribution in [0.4, 0.5) is 4.39 Å². The molecule has 0 radical (unpaired) electrons. The van der Waals surface area contributed by atoms with E-state index in [1.165, 1.54) is 11.6 Å². The topological polar surface area (TPSA) is 40.2 Å². The summed E-state index contributed by atoms with van der Waals surface area (Å²) in [5, 5.41) is 0.837. The number of hydrogen-bond acceptors (Lipinski definition) is 2. The third-order valence-corrected chi connectivity index (χ3v) is 4.45. The van der Waals surface area contributed by atoms with Gasteiger partial charge in [-0.25, -0.2) is 4.39 Å². The van der Waals surface area contributed by atoms with E-state index >= 15 is 0 Å². The molecule has 2 aromatic carbocycles. The number of aromatic nitrogens is 1. The summed E-state index contributed by atoms with van der Waals surface area (Å²) >= 11 is 0. The van der Waals surface area contributed by atoms with Crippen LogP contribution in [0.2, 0.25) is 0 Å². The maximum Gasteiger partial charge on any atom is 0.165 e. The van der Waals surface area contributed by atoms with Crippen molar-refractivity contribution in [1.29, 1.82) is 0 Å². The maximum atomic E-state index is 14.4. The molecule has 3 aromatic rings. The molecule has 1 heterocycles. The Balaban J connectivity index is 1.92. The minimum absolute atomic E-state index is 0.145. The van der Waals surface area contributed by atoms with Gasteiger partial charge in [-0.15, -0.1) is 0 Å². The molecule has 0 bridgehead atoms. The van der Waals surface area contributed by atoms with Gasteiger partial charge < -0.3 is 15.0 Å². The van der Waals surface area contributed by atoms with Crippen molar-refractivity contribution >= 4 is 10.9 Å². The molecule has 1 atom stereocenters. The fourth-order valence-corrected chi connectivity index (χ4v) is 3.02. The number of hydrogen-bond donors (Lipinski definition) is 1. The fourth-order valence-electron chi connectivity index (χ4n) is 3.02. The van der Waals surface area contributed by atoms with Crippen molar-refractivity contribution < 1.29 is 9.13 Å². The van der Waals surface area contributed by atoms with Crippen molar-refractivity contribution in [3.63, 3.8) is 0 Å². The Morgan fingerprint density at radius 3 is 2.62 bits per heavy atom. The first kappa shape index (κ1) is 16.5. The first-order chi connectivity index (χ1) is 11.6. The van der Waals surface area contributed by atoms with Gasteiger partial charge >= 0.3 is 0 Å². The van der Waals surface area contributed by atoms with E-state index in [1.54, 1.807) is 6.07 Å². The molecule has 4 heteroatoms. The van der Waals surface area contributed by atoms with Crippen LogP contribution in [0.15, 0.2) is 48.7 Å². The predicted molar refractivity (Wildman–Crippen MR) is 96.0 cm³/mol. The van der Waals surface area contributed by atoms with Crippen molar-refractivity contribution in [2.24, 2.45) is 12.8 Å². The number of aryl methyl sites for hydroxylation is 1. The van der Waals surface area contributed by atoms with E-state index < -0.39 is 0 Å². The minimum atomic E-state index is -0.327. The highest BCUT2D eigenvalue weighted by molar-refractivity contribution is 5.90. The van der Waals surface area contributed by atoms with Gasteiger partial charge in [-0.3, -0.25) is 0 Å². The van der Waals surface area contributed by atoms with E-state index in [-0.39, 0.29) is 11.7 Å². The monoisotopic (exact) mass is 326 g/mol. The lowest BCUT2D eigenvalue weighted by molar-refractivity contribution is 0.309. The Labute approximate surface area is 141 Å². The summed E-state index contributed by atoms with van der Waals surface area (Å²) in [6.45, 7) is 3.00. The molecule has 24 heavy (non-hydrogen) atoms. The molecule has 0 spiro atoms. The van der Waals surface area contributed by atoms with Gasteiger partial charge in [-0.2, -0.15) is 0 Å². The van der Waals surface area contributed by atoms with Gasteiger partial charge in [0.2, 0.25) is 0 Å². The maximum absolute atomic E-state index is 14.4. The van der Waals surface area contributed by atoms with E-state index in [1.807, 2.05) is 55.1 Å². The standard InChI is InChI=1S/C20H23FN2O/c1-14(12-22)16-13-23(2)18-9-8-17(21)20(19(16)18)24-11-10-15-6-4-3-5-7-15/h3-9,13-14H,10-12,22H2,1-2H3. The molecule has 0 saturated heterocycles. The van der Waals surface area contributed by atoms with Gasteiger partial charge in [0.05, 0.1) is 12.1 Å². The molecule has 1 aromatic heterocycles. The Bertz CT molecular complexity index is 827. The number of fused-ring (bicyclic) bond motifs is 1. The molecular formula is C20H23FN2O. The van der Waals surface area contributed by atoms with E-state index in [2.05, 4.69) is 0 Å². The largest absolute Gasteiger partial charge is 0.489 e. The number of nitrogens with two attached hydrogens (primary N) is 1. The lowest BCUT2D eigenvalue weighted by Gasteiger charge is -2.13. The predicted octanol–water partition coefficient (Wildman–Crippen LogP) is 4.00. The van der Waals surface area contributed by atoms with Crippen LogP contribution in [0.1, 0.15) is 24.0 Å². The second kappa shape index (κ2) is 7.05. The lowest BCUT2D eigenvalue weighted by Crippen LogP contribution is -2.09. The summed E-state index contributed by atoms with van der Waals surface area (Å²) in [4.78, 5) is 0. The van der Waals surface area contributed by atoms with Crippen molar-refractivity contribution in [2.45, 2.75) is 19.3 Å². The zero-order valence-electron chi connectivity index (χ0n) is 14.1. The number of ether oxygens (including phenoxy) is 1. The van der Waals surface area contributed by atoms with E-state index in [0.717, 1.165) is 22.9 Å². The normalized spacial score (nSPS) is 12.5. The van der Waals surface area contributed by atoms with Crippen LogP contribution in [0, 0.1) is 5.82 Å². The molecule has 0 aliphatic heterocycles. The summed E-state index contributed by atoms with van der Waals surface area (Å²) in [5.41, 5.74) is 8.99. The van der Waals surface area contributed by atoms with Crippen LogP contribution in [0.5, 0.6) is 5.75 Å². The van der Waals surface area contributed by atoms with Gasteiger partial charge in [0.15, 0.2) is 11.6 Å². The van der Waals surface area contributed by atoms with Gasteiger partial charge in [0.25, 0.3) is 0 Å². The van der Waals surface area contributed by atoms with Crippen molar-refractivity contribution in [1.82, 2.24) is 4.57 Å². The first-order valence-electron chi connectivity index (χ1n) is 8.26. The molecule has 0 aliphatic rings. The van der Waals surface area contributed by atoms with Gasteiger partial charge in [-0.05, 0) is 35.7 Å². The zero-order valence-corrected chi connectivity index (χ0v) is 14.1. The highest BCUT2D eigenvalue weighted by Gasteiger charge is 2.19. The average molecular weight is 326 g/mol. The van der Waals surface area contributed by atoms with E-state index in [9.17, 15) is 4.39 Å². The molecule has 0 amide bonds. The second-order valence-electron chi connectivity index (χ2n) is 6.19.